The van der Waals surface area contributed by atoms with Gasteiger partial charge in [0.2, 0.25) is 0 Å². The number of nitro benzene ring substituents is 1. The molecular weight excluding hydrogens is 342 g/mol. The highest BCUT2D eigenvalue weighted by atomic mass is 32.1. The summed E-state index contributed by atoms with van der Waals surface area (Å²) in [7, 11) is 1.78. The molecule has 1 heterocycles. The van der Waals surface area contributed by atoms with Crippen LogP contribution in [-0.4, -0.2) is 22.0 Å². The van der Waals surface area contributed by atoms with Gasteiger partial charge in [-0.25, -0.2) is 0 Å². The molecule has 8 heteroatoms. The van der Waals surface area contributed by atoms with Gasteiger partial charge in [-0.1, -0.05) is 29.5 Å². The molecule has 7 nitrogen and oxygen atoms in total. The Kier molecular flexibility index (Phi) is 4.90. The van der Waals surface area contributed by atoms with Gasteiger partial charge < -0.3 is 9.30 Å². The van der Waals surface area contributed by atoms with Gasteiger partial charge in [-0.05, 0) is 18.2 Å². The van der Waals surface area contributed by atoms with Gasteiger partial charge >= 0.3 is 0 Å². The number of hydrogen-bond donors (Lipinski definition) is 0. The lowest BCUT2D eigenvalue weighted by Gasteiger charge is -2.03. The molecule has 0 radical (unpaired) electrons. The molecule has 0 spiro atoms. The summed E-state index contributed by atoms with van der Waals surface area (Å²) in [5.41, 5.74) is 0.811. The monoisotopic (exact) mass is 357 g/mol. The van der Waals surface area contributed by atoms with Gasteiger partial charge in [0, 0.05) is 19.2 Å². The molecular formula is C17H15N3O4S. The first-order valence-corrected chi connectivity index (χ1v) is 8.35. The fraction of sp³-hybridized carbons (Fsp3) is 0.176. The molecule has 128 valence electrons. The van der Waals surface area contributed by atoms with Gasteiger partial charge in [-0.15, -0.1) is 0 Å². The SMILES string of the molecule is Cn1c(=NC(=O)CCOc2ccccc2)sc2cc([N+](=O)[O-])ccc21. The lowest BCUT2D eigenvalue weighted by Crippen LogP contribution is -2.14. The van der Waals surface area contributed by atoms with E-state index in [1.165, 1.54) is 23.5 Å². The van der Waals surface area contributed by atoms with Crippen LogP contribution in [0.4, 0.5) is 5.69 Å². The minimum atomic E-state index is -0.442. The molecule has 0 aliphatic rings. The Morgan fingerprint density at radius 2 is 2.04 bits per heavy atom. The molecule has 0 N–H and O–H groups in total. The van der Waals surface area contributed by atoms with Gasteiger partial charge in [-0.3, -0.25) is 14.9 Å². The highest BCUT2D eigenvalue weighted by Gasteiger charge is 2.10. The third-order valence-corrected chi connectivity index (χ3v) is 4.65. The largest absolute Gasteiger partial charge is 0.493 e. The number of non-ortho nitro benzene ring substituents is 1. The first kappa shape index (κ1) is 16.8. The first-order valence-electron chi connectivity index (χ1n) is 7.54. The van der Waals surface area contributed by atoms with Crippen LogP contribution < -0.4 is 9.54 Å². The van der Waals surface area contributed by atoms with Crippen LogP contribution in [0.1, 0.15) is 6.42 Å². The van der Waals surface area contributed by atoms with Crippen molar-refractivity contribution in [3.63, 3.8) is 0 Å². The van der Waals surface area contributed by atoms with E-state index in [0.29, 0.717) is 15.3 Å². The van der Waals surface area contributed by atoms with Crippen LogP contribution in [0.3, 0.4) is 0 Å². The van der Waals surface area contributed by atoms with Gasteiger partial charge in [0.05, 0.1) is 28.2 Å². The first-order chi connectivity index (χ1) is 12.0. The van der Waals surface area contributed by atoms with Crippen LogP contribution in [0.5, 0.6) is 5.75 Å². The Hall–Kier alpha value is -3.00. The number of para-hydroxylation sites is 1. The van der Waals surface area contributed by atoms with Crippen LogP contribution in [-0.2, 0) is 11.8 Å². The quantitative estimate of drug-likeness (QED) is 0.519. The molecule has 0 saturated heterocycles. The van der Waals surface area contributed by atoms with Crippen molar-refractivity contribution < 1.29 is 14.5 Å². The fourth-order valence-electron chi connectivity index (χ4n) is 2.28. The van der Waals surface area contributed by atoms with Crippen molar-refractivity contribution in [2.45, 2.75) is 6.42 Å². The maximum atomic E-state index is 12.0. The zero-order chi connectivity index (χ0) is 17.8. The van der Waals surface area contributed by atoms with Crippen LogP contribution in [0.15, 0.2) is 53.5 Å². The van der Waals surface area contributed by atoms with Gasteiger partial charge in [0.15, 0.2) is 4.80 Å². The molecule has 3 aromatic rings. The number of nitro groups is 1. The second-order valence-electron chi connectivity index (χ2n) is 5.27. The summed E-state index contributed by atoms with van der Waals surface area (Å²) in [6.45, 7) is 0.242. The molecule has 0 aliphatic carbocycles. The molecule has 0 aliphatic heterocycles. The highest BCUT2D eigenvalue weighted by molar-refractivity contribution is 7.16. The molecule has 1 amide bonds. The van der Waals surface area contributed by atoms with E-state index < -0.39 is 4.92 Å². The van der Waals surface area contributed by atoms with E-state index in [0.717, 1.165) is 5.52 Å². The molecule has 0 unspecified atom stereocenters. The second-order valence-corrected chi connectivity index (χ2v) is 6.28. The van der Waals surface area contributed by atoms with Gasteiger partial charge in [-0.2, -0.15) is 4.99 Å². The topological polar surface area (TPSA) is 86.7 Å². The predicted octanol–water partition coefficient (Wildman–Crippen LogP) is 3.04. The number of benzene rings is 2. The molecule has 25 heavy (non-hydrogen) atoms. The van der Waals surface area contributed by atoms with Crippen molar-refractivity contribution in [1.82, 2.24) is 4.57 Å². The van der Waals surface area contributed by atoms with Gasteiger partial charge in [0.25, 0.3) is 11.6 Å². The third kappa shape index (κ3) is 3.92. The van der Waals surface area contributed by atoms with Crippen LogP contribution >= 0.6 is 11.3 Å². The standard InChI is InChI=1S/C17H15N3O4S/c1-19-14-8-7-12(20(22)23)11-15(14)25-17(19)18-16(21)9-10-24-13-5-3-2-4-6-13/h2-8,11H,9-10H2,1H3. The molecule has 2 aromatic carbocycles. The molecule has 0 atom stereocenters. The molecule has 3 rings (SSSR count). The summed E-state index contributed by atoms with van der Waals surface area (Å²) in [5.74, 6) is 0.405. The lowest BCUT2D eigenvalue weighted by molar-refractivity contribution is -0.384. The van der Waals surface area contributed by atoms with Crippen molar-refractivity contribution >= 4 is 33.1 Å². The predicted molar refractivity (Wildman–Crippen MR) is 94.6 cm³/mol. The maximum Gasteiger partial charge on any atom is 0.270 e. The van der Waals surface area contributed by atoms with Crippen LogP contribution in [0.2, 0.25) is 0 Å². The van der Waals surface area contributed by atoms with Gasteiger partial charge in [0.1, 0.15) is 5.75 Å². The smallest absolute Gasteiger partial charge is 0.270 e. The van der Waals surface area contributed by atoms with Crippen molar-refractivity contribution in [2.24, 2.45) is 12.0 Å². The molecule has 0 bridgehead atoms. The van der Waals surface area contributed by atoms with Crippen molar-refractivity contribution in [3.8, 4) is 5.75 Å². The summed E-state index contributed by atoms with van der Waals surface area (Å²) < 4.78 is 7.95. The Balaban J connectivity index is 1.74. The van der Waals surface area contributed by atoms with E-state index in [-0.39, 0.29) is 24.6 Å². The number of rotatable bonds is 5. The summed E-state index contributed by atoms with van der Waals surface area (Å²) in [6, 6.07) is 13.8. The molecule has 0 saturated carbocycles. The zero-order valence-electron chi connectivity index (χ0n) is 13.4. The third-order valence-electron chi connectivity index (χ3n) is 3.55. The average molecular weight is 357 g/mol. The zero-order valence-corrected chi connectivity index (χ0v) is 14.2. The van der Waals surface area contributed by atoms with E-state index >= 15 is 0 Å². The number of nitrogens with zero attached hydrogens (tertiary/aromatic N) is 3. The summed E-state index contributed by atoms with van der Waals surface area (Å²) >= 11 is 1.24. The van der Waals surface area contributed by atoms with Crippen LogP contribution in [0.25, 0.3) is 10.2 Å². The van der Waals surface area contributed by atoms with E-state index in [1.54, 1.807) is 17.7 Å². The Morgan fingerprint density at radius 3 is 2.76 bits per heavy atom. The number of carbonyl (C=O) groups excluding carboxylic acids is 1. The number of hydrogen-bond acceptors (Lipinski definition) is 5. The summed E-state index contributed by atoms with van der Waals surface area (Å²) in [4.78, 5) is 27.1. The fourth-order valence-corrected chi connectivity index (χ4v) is 3.35. The van der Waals surface area contributed by atoms with Crippen molar-refractivity contribution in [2.75, 3.05) is 6.61 Å². The Bertz CT molecular complexity index is 992. The van der Waals surface area contributed by atoms with E-state index in [9.17, 15) is 14.9 Å². The van der Waals surface area contributed by atoms with E-state index in [2.05, 4.69) is 4.99 Å². The second kappa shape index (κ2) is 7.27. The molecule has 1 aromatic heterocycles. The minimum Gasteiger partial charge on any atom is -0.493 e. The number of aromatic nitrogens is 1. The average Bonchev–Trinajstić information content (AvgIpc) is 2.91. The van der Waals surface area contributed by atoms with Crippen molar-refractivity contribution in [3.05, 3.63) is 63.4 Å². The van der Waals surface area contributed by atoms with E-state index in [4.69, 9.17) is 4.74 Å². The normalized spacial score (nSPS) is 11.6. The number of amides is 1. The minimum absolute atomic E-state index is 0.0171. The highest BCUT2D eigenvalue weighted by Crippen LogP contribution is 2.22. The lowest BCUT2D eigenvalue weighted by atomic mass is 10.3. The Labute approximate surface area is 147 Å². The number of ether oxygens (including phenoxy) is 1. The number of fused-ring (bicyclic) bond motifs is 1. The van der Waals surface area contributed by atoms with Crippen molar-refractivity contribution in [1.29, 1.82) is 0 Å². The number of thiazole rings is 1. The maximum absolute atomic E-state index is 12.0. The molecule has 0 fully saturated rings. The summed E-state index contributed by atoms with van der Waals surface area (Å²) in [6.07, 6.45) is 0.156. The number of aryl methyl sites for hydroxylation is 1. The number of carbonyl (C=O) groups is 1. The van der Waals surface area contributed by atoms with Crippen LogP contribution in [0, 0.1) is 10.1 Å². The van der Waals surface area contributed by atoms with E-state index in [1.807, 2.05) is 30.3 Å². The Morgan fingerprint density at radius 1 is 1.28 bits per heavy atom. The summed E-state index contributed by atoms with van der Waals surface area (Å²) in [5, 5.41) is 10.9.